The molecule has 0 saturated heterocycles. The van der Waals surface area contributed by atoms with E-state index in [1.165, 1.54) is 58.0 Å². The van der Waals surface area contributed by atoms with Crippen molar-refractivity contribution in [3.8, 4) is 0 Å². The van der Waals surface area contributed by atoms with Crippen LogP contribution in [0, 0.1) is 5.92 Å². The quantitative estimate of drug-likeness (QED) is 0.704. The van der Waals surface area contributed by atoms with E-state index in [4.69, 9.17) is 5.73 Å². The number of nitrogens with two attached hydrogens (primary N) is 1. The van der Waals surface area contributed by atoms with Crippen molar-refractivity contribution in [3.05, 3.63) is 0 Å². The van der Waals surface area contributed by atoms with Crippen molar-refractivity contribution in [1.82, 2.24) is 4.90 Å². The van der Waals surface area contributed by atoms with Gasteiger partial charge in [-0.2, -0.15) is 0 Å². The molecule has 0 aromatic rings. The zero-order valence-electron chi connectivity index (χ0n) is 12.2. The predicted molar refractivity (Wildman–Crippen MR) is 76.2 cm³/mol. The SMILES string of the molecule is CCCC(C)CN(CCC)C1(CN)CCCC1. The second kappa shape index (κ2) is 7.38. The summed E-state index contributed by atoms with van der Waals surface area (Å²) in [7, 11) is 0. The van der Waals surface area contributed by atoms with Crippen molar-refractivity contribution in [2.45, 2.75) is 71.3 Å². The summed E-state index contributed by atoms with van der Waals surface area (Å²) in [4.78, 5) is 2.72. The van der Waals surface area contributed by atoms with Gasteiger partial charge < -0.3 is 5.73 Å². The lowest BCUT2D eigenvalue weighted by Crippen LogP contribution is -2.53. The first-order valence-corrected chi connectivity index (χ1v) is 7.63. The molecule has 0 bridgehead atoms. The fourth-order valence-corrected chi connectivity index (χ4v) is 3.43. The van der Waals surface area contributed by atoms with Gasteiger partial charge in [0.2, 0.25) is 0 Å². The summed E-state index contributed by atoms with van der Waals surface area (Å²) in [6.07, 6.45) is 9.29. The first kappa shape index (κ1) is 15.0. The Labute approximate surface area is 108 Å². The van der Waals surface area contributed by atoms with Crippen LogP contribution in [0.4, 0.5) is 0 Å². The Morgan fingerprint density at radius 2 is 1.82 bits per heavy atom. The molecular formula is C15H32N2. The summed E-state index contributed by atoms with van der Waals surface area (Å²) in [5.74, 6) is 0.815. The molecule has 0 heterocycles. The highest BCUT2D eigenvalue weighted by Crippen LogP contribution is 2.35. The smallest absolute Gasteiger partial charge is 0.0331 e. The lowest BCUT2D eigenvalue weighted by Gasteiger charge is -2.42. The third-order valence-corrected chi connectivity index (χ3v) is 4.39. The minimum atomic E-state index is 0.345. The van der Waals surface area contributed by atoms with Gasteiger partial charge in [0, 0.05) is 18.6 Å². The van der Waals surface area contributed by atoms with Gasteiger partial charge in [0.1, 0.15) is 0 Å². The first-order valence-electron chi connectivity index (χ1n) is 7.63. The highest BCUT2D eigenvalue weighted by atomic mass is 15.2. The van der Waals surface area contributed by atoms with Crippen LogP contribution in [0.25, 0.3) is 0 Å². The summed E-state index contributed by atoms with van der Waals surface area (Å²) >= 11 is 0. The standard InChI is InChI=1S/C15H32N2/c1-4-8-14(3)12-17(11-5-2)15(13-16)9-6-7-10-15/h14H,4-13,16H2,1-3H3. The van der Waals surface area contributed by atoms with E-state index < -0.39 is 0 Å². The maximum Gasteiger partial charge on any atom is 0.0331 e. The number of hydrogen-bond acceptors (Lipinski definition) is 2. The average Bonchev–Trinajstić information content (AvgIpc) is 2.78. The van der Waals surface area contributed by atoms with Crippen molar-refractivity contribution in [2.24, 2.45) is 11.7 Å². The van der Waals surface area contributed by atoms with Gasteiger partial charge in [-0.3, -0.25) is 4.90 Å². The van der Waals surface area contributed by atoms with Gasteiger partial charge in [-0.25, -0.2) is 0 Å². The van der Waals surface area contributed by atoms with Crippen LogP contribution in [0.2, 0.25) is 0 Å². The van der Waals surface area contributed by atoms with Crippen LogP contribution in [-0.4, -0.2) is 30.1 Å². The van der Waals surface area contributed by atoms with Crippen LogP contribution < -0.4 is 5.73 Å². The second-order valence-electron chi connectivity index (χ2n) is 5.98. The molecule has 17 heavy (non-hydrogen) atoms. The van der Waals surface area contributed by atoms with Crippen LogP contribution in [0.5, 0.6) is 0 Å². The van der Waals surface area contributed by atoms with Gasteiger partial charge >= 0.3 is 0 Å². The minimum absolute atomic E-state index is 0.345. The molecule has 2 heteroatoms. The molecule has 1 aliphatic rings. The Bertz CT molecular complexity index is 197. The van der Waals surface area contributed by atoms with Crippen LogP contribution in [0.1, 0.15) is 65.7 Å². The second-order valence-corrected chi connectivity index (χ2v) is 5.98. The van der Waals surface area contributed by atoms with E-state index in [2.05, 4.69) is 25.7 Å². The van der Waals surface area contributed by atoms with E-state index in [9.17, 15) is 0 Å². The maximum atomic E-state index is 6.11. The fourth-order valence-electron chi connectivity index (χ4n) is 3.43. The largest absolute Gasteiger partial charge is 0.329 e. The molecule has 1 rings (SSSR count). The molecule has 1 atom stereocenters. The molecule has 1 aliphatic carbocycles. The molecule has 0 amide bonds. The minimum Gasteiger partial charge on any atom is -0.329 e. The number of nitrogens with zero attached hydrogens (tertiary/aromatic N) is 1. The molecular weight excluding hydrogens is 208 g/mol. The van der Waals surface area contributed by atoms with Crippen molar-refractivity contribution in [2.75, 3.05) is 19.6 Å². The Kier molecular flexibility index (Phi) is 6.50. The Hall–Kier alpha value is -0.0800. The topological polar surface area (TPSA) is 29.3 Å². The summed E-state index contributed by atoms with van der Waals surface area (Å²) in [5.41, 5.74) is 6.45. The summed E-state index contributed by atoms with van der Waals surface area (Å²) in [6, 6.07) is 0. The number of rotatable bonds is 8. The monoisotopic (exact) mass is 240 g/mol. The molecule has 0 aromatic carbocycles. The number of hydrogen-bond donors (Lipinski definition) is 1. The van der Waals surface area contributed by atoms with Crippen LogP contribution in [0.15, 0.2) is 0 Å². The molecule has 1 fully saturated rings. The lowest BCUT2D eigenvalue weighted by atomic mass is 9.92. The summed E-state index contributed by atoms with van der Waals surface area (Å²) in [6.45, 7) is 10.3. The fraction of sp³-hybridized carbons (Fsp3) is 1.00. The zero-order valence-corrected chi connectivity index (χ0v) is 12.2. The van der Waals surface area contributed by atoms with E-state index in [0.29, 0.717) is 5.54 Å². The molecule has 0 aliphatic heterocycles. The molecule has 2 N–H and O–H groups in total. The van der Waals surface area contributed by atoms with E-state index >= 15 is 0 Å². The summed E-state index contributed by atoms with van der Waals surface area (Å²) in [5, 5.41) is 0. The van der Waals surface area contributed by atoms with Crippen molar-refractivity contribution < 1.29 is 0 Å². The van der Waals surface area contributed by atoms with Crippen molar-refractivity contribution in [1.29, 1.82) is 0 Å². The molecule has 1 unspecified atom stereocenters. The Balaban J connectivity index is 2.62. The zero-order chi connectivity index (χ0) is 12.7. The predicted octanol–water partition coefficient (Wildman–Crippen LogP) is 3.41. The average molecular weight is 240 g/mol. The van der Waals surface area contributed by atoms with Gasteiger partial charge in [-0.15, -0.1) is 0 Å². The maximum absolute atomic E-state index is 6.11. The van der Waals surface area contributed by atoms with Crippen molar-refractivity contribution >= 4 is 0 Å². The van der Waals surface area contributed by atoms with Crippen LogP contribution in [-0.2, 0) is 0 Å². The van der Waals surface area contributed by atoms with Crippen molar-refractivity contribution in [3.63, 3.8) is 0 Å². The summed E-state index contributed by atoms with van der Waals surface area (Å²) < 4.78 is 0. The Morgan fingerprint density at radius 3 is 2.29 bits per heavy atom. The van der Waals surface area contributed by atoms with E-state index in [-0.39, 0.29) is 0 Å². The van der Waals surface area contributed by atoms with Gasteiger partial charge in [-0.1, -0.05) is 40.0 Å². The molecule has 0 radical (unpaired) electrons. The molecule has 1 saturated carbocycles. The van der Waals surface area contributed by atoms with Gasteiger partial charge in [0.15, 0.2) is 0 Å². The first-order chi connectivity index (χ1) is 8.18. The lowest BCUT2D eigenvalue weighted by molar-refractivity contribution is 0.0807. The van der Waals surface area contributed by atoms with E-state index in [0.717, 1.165) is 12.5 Å². The van der Waals surface area contributed by atoms with Gasteiger partial charge in [0.05, 0.1) is 0 Å². The molecule has 2 nitrogen and oxygen atoms in total. The highest BCUT2D eigenvalue weighted by molar-refractivity contribution is 4.96. The third-order valence-electron chi connectivity index (χ3n) is 4.39. The normalized spacial score (nSPS) is 21.0. The molecule has 0 aromatic heterocycles. The van der Waals surface area contributed by atoms with Crippen LogP contribution >= 0.6 is 0 Å². The van der Waals surface area contributed by atoms with Crippen LogP contribution in [0.3, 0.4) is 0 Å². The van der Waals surface area contributed by atoms with Gasteiger partial charge in [-0.05, 0) is 38.1 Å². The van der Waals surface area contributed by atoms with E-state index in [1.54, 1.807) is 0 Å². The Morgan fingerprint density at radius 1 is 1.18 bits per heavy atom. The van der Waals surface area contributed by atoms with E-state index in [1.807, 2.05) is 0 Å². The highest BCUT2D eigenvalue weighted by Gasteiger charge is 2.38. The third kappa shape index (κ3) is 3.96. The van der Waals surface area contributed by atoms with Gasteiger partial charge in [0.25, 0.3) is 0 Å². The molecule has 102 valence electrons. The molecule has 0 spiro atoms.